The van der Waals surface area contributed by atoms with Gasteiger partial charge in [0.15, 0.2) is 0 Å². The minimum atomic E-state index is -2.66. The molecule has 1 saturated heterocycles. The number of piperidine rings is 1. The van der Waals surface area contributed by atoms with Crippen molar-refractivity contribution in [1.82, 2.24) is 14.8 Å². The fraction of sp³-hybridized carbons (Fsp3) is 0.692. The largest absolute Gasteiger partial charge is 0.437 e. The highest BCUT2D eigenvalue weighted by Crippen LogP contribution is 2.28. The van der Waals surface area contributed by atoms with Crippen LogP contribution in [0.25, 0.3) is 0 Å². The molecule has 0 saturated carbocycles. The Hall–Kier alpha value is -1.50. The van der Waals surface area contributed by atoms with E-state index >= 15 is 0 Å². The number of amides is 1. The quantitative estimate of drug-likeness (QED) is 0.785. The first-order chi connectivity index (χ1) is 9.44. The van der Waals surface area contributed by atoms with E-state index in [1.54, 1.807) is 0 Å². The first kappa shape index (κ1) is 13.5. The highest BCUT2D eigenvalue weighted by Gasteiger charge is 2.37. The normalized spacial score (nSPS) is 22.6. The van der Waals surface area contributed by atoms with E-state index in [0.717, 1.165) is 24.4 Å². The molecule has 20 heavy (non-hydrogen) atoms. The number of nitrogens with zero attached hydrogens (tertiary/aromatic N) is 3. The molecule has 0 bridgehead atoms. The smallest absolute Gasteiger partial charge is 0.309 e. The number of carbonyl (C=O) groups is 1. The fourth-order valence-corrected chi connectivity index (χ4v) is 2.59. The second-order valence-electron chi connectivity index (χ2n) is 5.52. The molecule has 1 aromatic heterocycles. The highest BCUT2D eigenvalue weighted by atomic mass is 19.3. The first-order valence-corrected chi connectivity index (χ1v) is 6.79. The molecule has 5 nitrogen and oxygen atoms in total. The zero-order valence-electron chi connectivity index (χ0n) is 11.4. The molecule has 2 aliphatic heterocycles. The van der Waals surface area contributed by atoms with Gasteiger partial charge in [-0.15, -0.1) is 0 Å². The van der Waals surface area contributed by atoms with Crippen LogP contribution in [-0.2, 0) is 13.0 Å². The molecule has 0 aliphatic carbocycles. The lowest BCUT2D eigenvalue weighted by atomic mass is 10.1. The molecule has 1 fully saturated rings. The van der Waals surface area contributed by atoms with Gasteiger partial charge in [0.1, 0.15) is 5.76 Å². The molecular formula is C13H17F2N3O2. The van der Waals surface area contributed by atoms with Crippen LogP contribution in [0.5, 0.6) is 0 Å². The van der Waals surface area contributed by atoms with Gasteiger partial charge in [-0.2, -0.15) is 0 Å². The summed E-state index contributed by atoms with van der Waals surface area (Å²) in [6, 6.07) is 0. The average molecular weight is 285 g/mol. The minimum Gasteiger partial charge on any atom is -0.437 e. The third-order valence-electron chi connectivity index (χ3n) is 3.88. The van der Waals surface area contributed by atoms with E-state index in [1.165, 1.54) is 4.90 Å². The molecule has 0 N–H and O–H groups in total. The van der Waals surface area contributed by atoms with Gasteiger partial charge in [-0.1, -0.05) is 0 Å². The summed E-state index contributed by atoms with van der Waals surface area (Å²) in [5.74, 6) is -2.25. The van der Waals surface area contributed by atoms with E-state index in [-0.39, 0.29) is 37.7 Å². The predicted octanol–water partition coefficient (Wildman–Crippen LogP) is 1.53. The lowest BCUT2D eigenvalue weighted by Gasteiger charge is -2.30. The van der Waals surface area contributed by atoms with Crippen molar-refractivity contribution in [2.75, 3.05) is 26.7 Å². The molecule has 0 aromatic carbocycles. The lowest BCUT2D eigenvalue weighted by molar-refractivity contribution is -0.0499. The van der Waals surface area contributed by atoms with Crippen molar-refractivity contribution in [3.05, 3.63) is 17.3 Å². The number of halogens is 2. The van der Waals surface area contributed by atoms with Crippen LogP contribution in [0, 0.1) is 0 Å². The van der Waals surface area contributed by atoms with E-state index in [2.05, 4.69) is 9.88 Å². The standard InChI is InChI=1S/C13H17F2N3O2/c1-17-5-2-10-9(8-17)16-11(20-10)12(19)18-6-3-13(14,15)4-7-18/h2-8H2,1H3. The molecule has 0 unspecified atom stereocenters. The number of fused-ring (bicyclic) bond motifs is 1. The number of likely N-dealkylation sites (N-methyl/N-ethyl adjacent to an activating group) is 1. The van der Waals surface area contributed by atoms with Crippen LogP contribution in [0.3, 0.4) is 0 Å². The number of likely N-dealkylation sites (tertiary alicyclic amines) is 1. The molecule has 110 valence electrons. The van der Waals surface area contributed by atoms with Gasteiger partial charge < -0.3 is 9.32 Å². The number of carbonyl (C=O) groups excluding carboxylic acids is 1. The van der Waals surface area contributed by atoms with Crippen molar-refractivity contribution in [3.8, 4) is 0 Å². The van der Waals surface area contributed by atoms with E-state index in [4.69, 9.17) is 4.42 Å². The number of hydrogen-bond acceptors (Lipinski definition) is 4. The van der Waals surface area contributed by atoms with Crippen molar-refractivity contribution in [3.63, 3.8) is 0 Å². The third-order valence-corrected chi connectivity index (χ3v) is 3.88. The highest BCUT2D eigenvalue weighted by molar-refractivity contribution is 5.89. The van der Waals surface area contributed by atoms with Crippen LogP contribution in [0.15, 0.2) is 4.42 Å². The Morgan fingerprint density at radius 2 is 2.00 bits per heavy atom. The Kier molecular flexibility index (Phi) is 3.24. The SMILES string of the molecule is CN1CCc2oc(C(=O)N3CCC(F)(F)CC3)nc2C1. The van der Waals surface area contributed by atoms with Crippen molar-refractivity contribution < 1.29 is 18.0 Å². The first-order valence-electron chi connectivity index (χ1n) is 6.79. The maximum Gasteiger partial charge on any atom is 0.309 e. The zero-order chi connectivity index (χ0) is 14.3. The van der Waals surface area contributed by atoms with E-state index < -0.39 is 5.92 Å². The van der Waals surface area contributed by atoms with Crippen molar-refractivity contribution in [2.24, 2.45) is 0 Å². The van der Waals surface area contributed by atoms with Gasteiger partial charge in [-0.25, -0.2) is 13.8 Å². The second kappa shape index (κ2) is 4.80. The lowest BCUT2D eigenvalue weighted by Crippen LogP contribution is -2.42. The van der Waals surface area contributed by atoms with Gasteiger partial charge in [0.25, 0.3) is 11.8 Å². The Labute approximate surface area is 115 Å². The number of oxazole rings is 1. The molecule has 1 aromatic rings. The predicted molar refractivity (Wildman–Crippen MR) is 66.6 cm³/mol. The molecule has 0 atom stereocenters. The Balaban J connectivity index is 1.72. The van der Waals surface area contributed by atoms with Gasteiger partial charge in [-0.3, -0.25) is 9.69 Å². The topological polar surface area (TPSA) is 49.6 Å². The number of aromatic nitrogens is 1. The molecule has 3 heterocycles. The number of alkyl halides is 2. The zero-order valence-corrected chi connectivity index (χ0v) is 11.4. The van der Waals surface area contributed by atoms with Crippen LogP contribution in [-0.4, -0.2) is 53.3 Å². The maximum absolute atomic E-state index is 13.1. The fourth-order valence-electron chi connectivity index (χ4n) is 2.59. The summed E-state index contributed by atoms with van der Waals surface area (Å²) in [5.41, 5.74) is 0.782. The summed E-state index contributed by atoms with van der Waals surface area (Å²) in [7, 11) is 1.98. The van der Waals surface area contributed by atoms with Crippen molar-refractivity contribution >= 4 is 5.91 Å². The van der Waals surface area contributed by atoms with Crippen LogP contribution >= 0.6 is 0 Å². The average Bonchev–Trinajstić information content (AvgIpc) is 2.80. The Morgan fingerprint density at radius 3 is 2.70 bits per heavy atom. The van der Waals surface area contributed by atoms with Gasteiger partial charge in [0.2, 0.25) is 0 Å². The number of rotatable bonds is 1. The summed E-state index contributed by atoms with van der Waals surface area (Å²) < 4.78 is 31.7. The van der Waals surface area contributed by atoms with Crippen LogP contribution in [0.1, 0.15) is 35.0 Å². The molecule has 0 radical (unpaired) electrons. The number of hydrogen-bond donors (Lipinski definition) is 0. The van der Waals surface area contributed by atoms with Crippen molar-refractivity contribution in [1.29, 1.82) is 0 Å². The molecule has 1 amide bonds. The minimum absolute atomic E-state index is 0.0375. The summed E-state index contributed by atoms with van der Waals surface area (Å²) >= 11 is 0. The van der Waals surface area contributed by atoms with E-state index in [9.17, 15) is 13.6 Å². The Bertz CT molecular complexity index is 520. The third kappa shape index (κ3) is 2.54. The second-order valence-corrected chi connectivity index (χ2v) is 5.52. The molecule has 7 heteroatoms. The van der Waals surface area contributed by atoms with E-state index in [0.29, 0.717) is 6.54 Å². The Morgan fingerprint density at radius 1 is 1.30 bits per heavy atom. The van der Waals surface area contributed by atoms with Gasteiger partial charge in [0, 0.05) is 45.4 Å². The molecular weight excluding hydrogens is 268 g/mol. The summed E-state index contributed by atoms with van der Waals surface area (Å²) in [6.45, 7) is 1.63. The monoisotopic (exact) mass is 285 g/mol. The van der Waals surface area contributed by atoms with Gasteiger partial charge in [-0.05, 0) is 7.05 Å². The van der Waals surface area contributed by atoms with Crippen LogP contribution < -0.4 is 0 Å². The summed E-state index contributed by atoms with van der Waals surface area (Å²) in [4.78, 5) is 19.9. The summed E-state index contributed by atoms with van der Waals surface area (Å²) in [5, 5.41) is 0. The van der Waals surface area contributed by atoms with Crippen LogP contribution in [0.4, 0.5) is 8.78 Å². The maximum atomic E-state index is 13.1. The summed E-state index contributed by atoms with van der Waals surface area (Å²) in [6.07, 6.45) is 0.147. The molecule has 2 aliphatic rings. The molecule has 3 rings (SSSR count). The van der Waals surface area contributed by atoms with Crippen molar-refractivity contribution in [2.45, 2.75) is 31.7 Å². The van der Waals surface area contributed by atoms with Crippen LogP contribution in [0.2, 0.25) is 0 Å². The van der Waals surface area contributed by atoms with E-state index in [1.807, 2.05) is 7.05 Å². The molecule has 0 spiro atoms. The van der Waals surface area contributed by atoms with Gasteiger partial charge >= 0.3 is 5.91 Å². The van der Waals surface area contributed by atoms with Gasteiger partial charge in [0.05, 0.1) is 5.69 Å².